The van der Waals surface area contributed by atoms with Crippen molar-refractivity contribution in [3.8, 4) is 46.3 Å². The molecule has 0 spiro atoms. The Kier molecular flexibility index (Phi) is 38.3. The van der Waals surface area contributed by atoms with Crippen LogP contribution in [0.4, 0.5) is 115 Å². The van der Waals surface area contributed by atoms with Gasteiger partial charge in [0.2, 0.25) is 82.8 Å². The van der Waals surface area contributed by atoms with Crippen molar-refractivity contribution >= 4 is 186 Å². The quantitative estimate of drug-likeness (QED) is 0.0175. The Bertz CT molecular complexity index is 6380. The van der Waals surface area contributed by atoms with Crippen LogP contribution in [-0.2, 0) is 38.4 Å². The molecule has 0 atom stereocenters. The summed E-state index contributed by atoms with van der Waals surface area (Å²) < 4.78 is 34.4. The van der Waals surface area contributed by atoms with Gasteiger partial charge in [-0.1, -0.05) is 73.8 Å². The Labute approximate surface area is 873 Å². The number of aryl methyl sites for hydroxylation is 2. The first-order chi connectivity index (χ1) is 71.9. The number of methoxy groups -OCH3 is 4. The molecule has 0 saturated carbocycles. The molecule has 8 aromatic carbocycles. The number of anilines is 20. The number of hydrogen-bond acceptors (Lipinski definition) is 32. The second-order valence-electron chi connectivity index (χ2n) is 34.0. The molecule has 40 nitrogen and oxygen atoms in total. The van der Waals surface area contributed by atoms with Crippen LogP contribution in [0.25, 0.3) is 0 Å². The molecule has 42 heteroatoms. The van der Waals surface area contributed by atoms with Crippen LogP contribution in [-0.4, -0.2) is 240 Å². The van der Waals surface area contributed by atoms with Crippen molar-refractivity contribution in [2.24, 2.45) is 0 Å². The van der Waals surface area contributed by atoms with Crippen LogP contribution in [0.15, 0.2) is 245 Å². The summed E-state index contributed by atoms with van der Waals surface area (Å²) in [5, 5.41) is 30.7. The second-order valence-corrected chi connectivity index (χ2v) is 34.8. The Morgan fingerprint density at radius 1 is 0.309 bits per heavy atom. The van der Waals surface area contributed by atoms with Crippen LogP contribution in [0.2, 0.25) is 10.0 Å². The minimum atomic E-state index is -0.331. The third-order valence-corrected chi connectivity index (χ3v) is 24.4. The van der Waals surface area contributed by atoms with Gasteiger partial charge in [-0.25, -0.2) is 19.9 Å². The van der Waals surface area contributed by atoms with E-state index in [-0.39, 0.29) is 64.1 Å². The van der Waals surface area contributed by atoms with E-state index in [0.29, 0.717) is 166 Å². The number of benzene rings is 8. The number of nitrogens with zero attached hydrogens (tertiary/aromatic N) is 16. The molecule has 4 aliphatic rings. The molecule has 0 bridgehead atoms. The number of amides is 8. The van der Waals surface area contributed by atoms with Crippen molar-refractivity contribution in [3.63, 3.8) is 0 Å². The average molecular weight is 2060 g/mol. The van der Waals surface area contributed by atoms with Crippen molar-refractivity contribution in [2.45, 2.75) is 48.0 Å². The predicted molar refractivity (Wildman–Crippen MR) is 583 cm³/mol. The number of carbonyl (C=O) groups is 8. The maximum atomic E-state index is 11.8. The molecule has 8 heterocycles. The molecule has 774 valence electrons. The Morgan fingerprint density at radius 3 is 0.953 bits per heavy atom. The number of hydrogen-bond donors (Lipinski definition) is 10. The van der Waals surface area contributed by atoms with Gasteiger partial charge in [-0.05, 0) is 154 Å². The van der Waals surface area contributed by atoms with Gasteiger partial charge >= 0.3 is 0 Å². The maximum Gasteiger partial charge on any atom is 0.247 e. The highest BCUT2D eigenvalue weighted by molar-refractivity contribution is 6.33. The van der Waals surface area contributed by atoms with Gasteiger partial charge < -0.3 is 121 Å². The molecular weight excluding hydrogens is 1940 g/mol. The van der Waals surface area contributed by atoms with Gasteiger partial charge in [0.05, 0.1) is 63.6 Å². The summed E-state index contributed by atoms with van der Waals surface area (Å²) in [6.45, 7) is 35.8. The molecule has 0 radical (unpaired) electrons. The SMILES string of the molecule is C=CC(=O)Nc1cccc(Nc2nc(Nc3ccc(N4CCCN(C(C)=O)CC4)cc3OC)ncc2C)c1.C=CC(=O)Nc1cccc(Nc2nc(Nc3ccc(N4CCN(C(C)=O)CC4)cc3OC)ncc2Cl)c1.C=CC(=O)Nc1cccc(Oc2nc(Nc3ccc(N4CCN(C(C)=O)CC4)cc3OC)ncc2C)c1.C=CC(=O)Nc1cccc(Oc2nc(Nc3ccc(N4CCN(C(C)=O)CC4)cc3OC)ncc2Cl)c1. The molecule has 0 aliphatic carbocycles. The van der Waals surface area contributed by atoms with E-state index in [1.807, 2.05) is 131 Å². The number of halogens is 2. The largest absolute Gasteiger partial charge is 0.494 e. The highest BCUT2D eigenvalue weighted by Gasteiger charge is 2.27. The van der Waals surface area contributed by atoms with Gasteiger partial charge in [0.15, 0.2) is 5.82 Å². The third kappa shape index (κ3) is 30.9. The first-order valence-electron chi connectivity index (χ1n) is 47.5. The summed E-state index contributed by atoms with van der Waals surface area (Å²) in [6.07, 6.45) is 12.1. The van der Waals surface area contributed by atoms with E-state index in [4.69, 9.17) is 51.6 Å². The number of rotatable bonds is 32. The molecule has 16 rings (SSSR count). The molecule has 4 fully saturated rings. The van der Waals surface area contributed by atoms with E-state index in [1.165, 1.54) is 36.7 Å². The maximum absolute atomic E-state index is 11.8. The molecule has 8 amide bonds. The second kappa shape index (κ2) is 52.6. The monoisotopic (exact) mass is 2060 g/mol. The molecule has 0 unspecified atom stereocenters. The van der Waals surface area contributed by atoms with Gasteiger partial charge in [0, 0.05) is 249 Å². The van der Waals surface area contributed by atoms with Crippen molar-refractivity contribution < 1.29 is 66.8 Å². The van der Waals surface area contributed by atoms with Crippen LogP contribution in [0.3, 0.4) is 0 Å². The lowest BCUT2D eigenvalue weighted by atomic mass is 10.2. The standard InChI is InChI=1S/C28H33N7O3.C27H30N6O4.C26H28ClN7O3.C26H27ClN6O4/c1-5-26(37)30-21-8-6-9-22(16-21)31-27-19(2)18-29-28(33-27)32-24-11-10-23(17-25(24)38-4)35-13-7-12-34(14-15-35)20(3)36;1-5-25(35)29-20-7-6-8-22(15-20)37-26-18(2)17-28-27(31-26)30-23-10-9-21(16-24(23)36-4)33-13-11-32(12-14-33)19(3)34;1-4-24(36)29-18-6-5-7-19(14-18)30-25-21(27)16-28-26(32-25)31-22-9-8-20(15-23(22)37-3)34-12-10-33(11-13-34)17(2)35;1-4-24(35)29-18-6-5-7-20(14-18)37-25-21(27)16-28-26(31-25)30-22-9-8-19(15-23(22)36-3)33-12-10-32(11-13-33)17(2)34/h5-6,8-11,16-18H,1,7,12-15H2,2-4H3,(H,30,37)(H2,29,31,32,33);5-10,15-17H,1,11-14H2,2-4H3,(H,29,35)(H,28,30,31);4-9,14-16H,1,10-13H2,2-3H3,(H,29,36)(H2,28,30,31,32);4-9,14-16H,1,10-13H2,2-3H3,(H,29,35)(H,28,30,31). The number of ether oxygens (including phenoxy) is 6. The average Bonchev–Trinajstić information content (AvgIpc) is 1.10. The highest BCUT2D eigenvalue weighted by atomic mass is 35.5. The van der Waals surface area contributed by atoms with Crippen LogP contribution in [0.5, 0.6) is 46.3 Å². The van der Waals surface area contributed by atoms with Gasteiger partial charge in [0.25, 0.3) is 0 Å². The van der Waals surface area contributed by atoms with Gasteiger partial charge in [-0.3, -0.25) is 38.4 Å². The van der Waals surface area contributed by atoms with Crippen molar-refractivity contribution in [3.05, 3.63) is 266 Å². The third-order valence-electron chi connectivity index (χ3n) is 23.8. The molecule has 149 heavy (non-hydrogen) atoms. The molecule has 4 aliphatic heterocycles. The fourth-order valence-electron chi connectivity index (χ4n) is 15.8. The first-order valence-corrected chi connectivity index (χ1v) is 48.3. The van der Waals surface area contributed by atoms with Crippen molar-refractivity contribution in [2.75, 3.05) is 206 Å². The fraction of sp³-hybridized carbons (Fsp3) is 0.252. The molecule has 4 saturated heterocycles. The van der Waals surface area contributed by atoms with E-state index in [1.54, 1.807) is 141 Å². The summed E-state index contributed by atoms with van der Waals surface area (Å²) in [5.41, 5.74) is 12.3. The normalized spacial score (nSPS) is 13.1. The van der Waals surface area contributed by atoms with Crippen LogP contribution >= 0.6 is 23.2 Å². The summed E-state index contributed by atoms with van der Waals surface area (Å²) in [4.78, 5) is 145. The number of aromatic nitrogens is 8. The summed E-state index contributed by atoms with van der Waals surface area (Å²) in [6, 6.07) is 51.8. The Balaban J connectivity index is 0.000000166. The Hall–Kier alpha value is -17.8. The minimum Gasteiger partial charge on any atom is -0.494 e. The van der Waals surface area contributed by atoms with E-state index >= 15 is 0 Å². The molecule has 4 aromatic heterocycles. The van der Waals surface area contributed by atoms with E-state index in [2.05, 4.69) is 139 Å². The van der Waals surface area contributed by atoms with Gasteiger partial charge in [-0.15, -0.1) is 0 Å². The van der Waals surface area contributed by atoms with Crippen LogP contribution in [0, 0.1) is 13.8 Å². The summed E-state index contributed by atoms with van der Waals surface area (Å²) >= 11 is 12.6. The van der Waals surface area contributed by atoms with E-state index < -0.39 is 0 Å². The highest BCUT2D eigenvalue weighted by Crippen LogP contribution is 2.40. The zero-order valence-corrected chi connectivity index (χ0v) is 85.8. The lowest BCUT2D eigenvalue weighted by Gasteiger charge is -2.35. The molecule has 12 aromatic rings. The molecule has 10 N–H and O–H groups in total. The summed E-state index contributed by atoms with van der Waals surface area (Å²) in [5.74, 6) is 5.57. The topological polar surface area (TPSA) is 441 Å². The number of piperazine rings is 3. The first kappa shape index (κ1) is 108. The van der Waals surface area contributed by atoms with E-state index in [0.717, 1.165) is 111 Å². The smallest absolute Gasteiger partial charge is 0.247 e. The predicted octanol–water partition coefficient (Wildman–Crippen LogP) is 17.5. The zero-order chi connectivity index (χ0) is 106. The van der Waals surface area contributed by atoms with Gasteiger partial charge in [0.1, 0.15) is 50.4 Å². The van der Waals surface area contributed by atoms with Crippen LogP contribution < -0.4 is 101 Å². The van der Waals surface area contributed by atoms with Gasteiger partial charge in [-0.2, -0.15) is 19.9 Å². The van der Waals surface area contributed by atoms with Crippen molar-refractivity contribution in [1.82, 2.24) is 59.5 Å². The lowest BCUT2D eigenvalue weighted by molar-refractivity contribution is -0.129. The number of nitrogens with one attached hydrogen (secondary N) is 10. The number of carbonyl (C=O) groups excluding carboxylic acids is 8. The molecular formula is C107H118Cl2N26O14. The fourth-order valence-corrected chi connectivity index (χ4v) is 16.1. The van der Waals surface area contributed by atoms with Crippen LogP contribution in [0.1, 0.15) is 45.2 Å². The van der Waals surface area contributed by atoms with Crippen molar-refractivity contribution in [1.29, 1.82) is 0 Å². The van der Waals surface area contributed by atoms with E-state index in [9.17, 15) is 38.4 Å². The minimum absolute atomic E-state index is 0.0928. The summed E-state index contributed by atoms with van der Waals surface area (Å²) in [7, 11) is 6.44. The lowest BCUT2D eigenvalue weighted by Crippen LogP contribution is -2.48. The zero-order valence-electron chi connectivity index (χ0n) is 84.3. The Morgan fingerprint density at radius 2 is 0.597 bits per heavy atom.